The third-order valence-corrected chi connectivity index (χ3v) is 5.47. The monoisotopic (exact) mass is 390 g/mol. The predicted molar refractivity (Wildman–Crippen MR) is 106 cm³/mol. The highest BCUT2D eigenvalue weighted by molar-refractivity contribution is 7.88. The largest absolute Gasteiger partial charge is 0.496 e. The molecule has 146 valence electrons. The van der Waals surface area contributed by atoms with E-state index in [1.54, 1.807) is 7.11 Å². The number of carbonyl (C=O) groups is 1. The molecule has 2 rings (SSSR count). The highest BCUT2D eigenvalue weighted by Gasteiger charge is 2.20. The molecule has 0 heterocycles. The first-order valence-corrected chi connectivity index (χ1v) is 10.5. The molecule has 0 aliphatic carbocycles. The first-order valence-electron chi connectivity index (χ1n) is 8.69. The maximum absolute atomic E-state index is 12.2. The van der Waals surface area contributed by atoms with Crippen LogP contribution in [0.2, 0.25) is 0 Å². The van der Waals surface area contributed by atoms with Crippen LogP contribution in [-0.4, -0.2) is 45.1 Å². The van der Waals surface area contributed by atoms with Crippen LogP contribution in [0.25, 0.3) is 0 Å². The fourth-order valence-corrected chi connectivity index (χ4v) is 3.41. The maximum atomic E-state index is 12.2. The summed E-state index contributed by atoms with van der Waals surface area (Å²) in [5.74, 6) is 0.371. The van der Waals surface area contributed by atoms with Crippen LogP contribution in [0, 0.1) is 6.92 Å². The summed E-state index contributed by atoms with van der Waals surface area (Å²) in [4.78, 5) is 12.2. The lowest BCUT2D eigenvalue weighted by molar-refractivity contribution is -0.121. The molecule has 7 heteroatoms. The number of methoxy groups -OCH3 is 1. The lowest BCUT2D eigenvalue weighted by atomic mass is 10.1. The van der Waals surface area contributed by atoms with E-state index in [1.807, 2.05) is 55.5 Å². The average molecular weight is 391 g/mol. The minimum Gasteiger partial charge on any atom is -0.496 e. The topological polar surface area (TPSA) is 75.7 Å². The van der Waals surface area contributed by atoms with E-state index < -0.39 is 10.0 Å². The van der Waals surface area contributed by atoms with E-state index in [-0.39, 0.29) is 19.0 Å². The Balaban J connectivity index is 1.95. The molecule has 0 unspecified atom stereocenters. The average Bonchev–Trinajstić information content (AvgIpc) is 2.64. The minimum atomic E-state index is -3.51. The molecule has 0 fully saturated rings. The zero-order valence-electron chi connectivity index (χ0n) is 15.9. The standard InChI is InChI=1S/C20H26N2O4S/c1-16-8-10-17(11-9-16)14-21-20(23)15-22(27(3,24)25)13-12-18-6-4-5-7-19(18)26-2/h4-11H,12-15H2,1-3H3,(H,21,23). The van der Waals surface area contributed by atoms with Gasteiger partial charge in [0.2, 0.25) is 15.9 Å². The van der Waals surface area contributed by atoms with Crippen LogP contribution >= 0.6 is 0 Å². The molecule has 2 aromatic carbocycles. The Morgan fingerprint density at radius 1 is 1.11 bits per heavy atom. The summed E-state index contributed by atoms with van der Waals surface area (Å²) >= 11 is 0. The summed E-state index contributed by atoms with van der Waals surface area (Å²) in [6, 6.07) is 15.3. The van der Waals surface area contributed by atoms with E-state index >= 15 is 0 Å². The van der Waals surface area contributed by atoms with Gasteiger partial charge in [0, 0.05) is 13.1 Å². The molecular formula is C20H26N2O4S. The van der Waals surface area contributed by atoms with Gasteiger partial charge in [-0.2, -0.15) is 4.31 Å². The fraction of sp³-hybridized carbons (Fsp3) is 0.350. The quantitative estimate of drug-likeness (QED) is 0.712. The van der Waals surface area contributed by atoms with Gasteiger partial charge in [-0.3, -0.25) is 4.79 Å². The molecule has 0 bridgehead atoms. The SMILES string of the molecule is COc1ccccc1CCN(CC(=O)NCc1ccc(C)cc1)S(C)(=O)=O. The van der Waals surface area contributed by atoms with Crippen LogP contribution in [0.1, 0.15) is 16.7 Å². The molecule has 6 nitrogen and oxygen atoms in total. The predicted octanol–water partition coefficient (Wildman–Crippen LogP) is 2.12. The Morgan fingerprint density at radius 2 is 1.78 bits per heavy atom. The summed E-state index contributed by atoms with van der Waals surface area (Å²) in [7, 11) is -1.93. The first kappa shape index (κ1) is 20.9. The molecule has 1 amide bonds. The molecule has 2 aromatic rings. The van der Waals surface area contributed by atoms with Crippen molar-refractivity contribution in [2.24, 2.45) is 0 Å². The summed E-state index contributed by atoms with van der Waals surface area (Å²) in [6.45, 7) is 2.36. The smallest absolute Gasteiger partial charge is 0.235 e. The zero-order chi connectivity index (χ0) is 19.9. The maximum Gasteiger partial charge on any atom is 0.235 e. The Hall–Kier alpha value is -2.38. The van der Waals surface area contributed by atoms with Gasteiger partial charge in [0.15, 0.2) is 0 Å². The zero-order valence-corrected chi connectivity index (χ0v) is 16.8. The van der Waals surface area contributed by atoms with Crippen molar-refractivity contribution in [1.29, 1.82) is 0 Å². The number of aryl methyl sites for hydroxylation is 1. The van der Waals surface area contributed by atoms with E-state index in [2.05, 4.69) is 5.32 Å². The third kappa shape index (κ3) is 6.69. The first-order chi connectivity index (χ1) is 12.8. The second-order valence-electron chi connectivity index (χ2n) is 6.42. The number of nitrogens with one attached hydrogen (secondary N) is 1. The van der Waals surface area contributed by atoms with Crippen molar-refractivity contribution >= 4 is 15.9 Å². The molecule has 0 aliphatic heterocycles. The normalized spacial score (nSPS) is 11.4. The second-order valence-corrected chi connectivity index (χ2v) is 8.40. The Bertz CT molecular complexity index is 864. The van der Waals surface area contributed by atoms with Crippen molar-refractivity contribution in [2.45, 2.75) is 19.9 Å². The van der Waals surface area contributed by atoms with Crippen molar-refractivity contribution in [2.75, 3.05) is 26.5 Å². The van der Waals surface area contributed by atoms with Gasteiger partial charge < -0.3 is 10.1 Å². The lowest BCUT2D eigenvalue weighted by Crippen LogP contribution is -2.41. The molecule has 1 N–H and O–H groups in total. The number of rotatable bonds is 9. The Kier molecular flexibility index (Phi) is 7.38. The van der Waals surface area contributed by atoms with Gasteiger partial charge in [-0.15, -0.1) is 0 Å². The van der Waals surface area contributed by atoms with E-state index in [0.717, 1.165) is 22.9 Å². The number of carbonyl (C=O) groups excluding carboxylic acids is 1. The molecule has 27 heavy (non-hydrogen) atoms. The van der Waals surface area contributed by atoms with Crippen LogP contribution in [-0.2, 0) is 27.8 Å². The number of nitrogens with zero attached hydrogens (tertiary/aromatic N) is 1. The second kappa shape index (κ2) is 9.53. The van der Waals surface area contributed by atoms with Gasteiger partial charge in [-0.05, 0) is 30.5 Å². The van der Waals surface area contributed by atoms with Crippen LogP contribution in [0.15, 0.2) is 48.5 Å². The van der Waals surface area contributed by atoms with Crippen molar-refractivity contribution in [3.63, 3.8) is 0 Å². The molecule has 0 saturated heterocycles. The summed E-state index contributed by atoms with van der Waals surface area (Å²) in [5, 5.41) is 2.77. The van der Waals surface area contributed by atoms with Crippen LogP contribution in [0.5, 0.6) is 5.75 Å². The number of benzene rings is 2. The molecule has 0 aromatic heterocycles. The molecular weight excluding hydrogens is 364 g/mol. The van der Waals surface area contributed by atoms with E-state index in [1.165, 1.54) is 4.31 Å². The van der Waals surface area contributed by atoms with E-state index in [4.69, 9.17) is 4.74 Å². The number of amides is 1. The fourth-order valence-electron chi connectivity index (χ4n) is 2.64. The number of para-hydroxylation sites is 1. The van der Waals surface area contributed by atoms with Crippen LogP contribution in [0.3, 0.4) is 0 Å². The van der Waals surface area contributed by atoms with E-state index in [9.17, 15) is 13.2 Å². The Morgan fingerprint density at radius 3 is 2.41 bits per heavy atom. The molecule has 0 radical (unpaired) electrons. The van der Waals surface area contributed by atoms with Crippen molar-refractivity contribution < 1.29 is 17.9 Å². The molecule has 0 atom stereocenters. The van der Waals surface area contributed by atoms with Gasteiger partial charge in [0.1, 0.15) is 5.75 Å². The van der Waals surface area contributed by atoms with Crippen molar-refractivity contribution in [1.82, 2.24) is 9.62 Å². The summed E-state index contributed by atoms with van der Waals surface area (Å²) in [5.41, 5.74) is 3.01. The highest BCUT2D eigenvalue weighted by Crippen LogP contribution is 2.18. The number of sulfonamides is 1. The minimum absolute atomic E-state index is 0.206. The molecule has 0 spiro atoms. The summed E-state index contributed by atoms with van der Waals surface area (Å²) in [6.07, 6.45) is 1.57. The Labute approximate surface area is 161 Å². The molecule has 0 saturated carbocycles. The van der Waals surface area contributed by atoms with Gasteiger partial charge in [-0.1, -0.05) is 48.0 Å². The number of hydrogen-bond acceptors (Lipinski definition) is 4. The van der Waals surface area contributed by atoms with Crippen molar-refractivity contribution in [3.05, 3.63) is 65.2 Å². The van der Waals surface area contributed by atoms with Gasteiger partial charge in [-0.25, -0.2) is 8.42 Å². The number of ether oxygens (including phenoxy) is 1. The third-order valence-electron chi connectivity index (χ3n) is 4.22. The highest BCUT2D eigenvalue weighted by atomic mass is 32.2. The summed E-state index contributed by atoms with van der Waals surface area (Å²) < 4.78 is 30.6. The van der Waals surface area contributed by atoms with Crippen LogP contribution < -0.4 is 10.1 Å². The number of hydrogen-bond donors (Lipinski definition) is 1. The van der Waals surface area contributed by atoms with Gasteiger partial charge >= 0.3 is 0 Å². The van der Waals surface area contributed by atoms with E-state index in [0.29, 0.717) is 18.7 Å². The molecule has 0 aliphatic rings. The van der Waals surface area contributed by atoms with Gasteiger partial charge in [0.05, 0.1) is 19.9 Å². The van der Waals surface area contributed by atoms with Gasteiger partial charge in [0.25, 0.3) is 0 Å². The lowest BCUT2D eigenvalue weighted by Gasteiger charge is -2.20. The van der Waals surface area contributed by atoms with Crippen LogP contribution in [0.4, 0.5) is 0 Å². The van der Waals surface area contributed by atoms with Crippen molar-refractivity contribution in [3.8, 4) is 5.75 Å².